The zero-order chi connectivity index (χ0) is 16.5. The molecule has 1 aromatic carbocycles. The van der Waals surface area contributed by atoms with Crippen molar-refractivity contribution in [2.24, 2.45) is 5.92 Å². The fourth-order valence-electron chi connectivity index (χ4n) is 3.24. The molecule has 0 heterocycles. The fraction of sp³-hybridized carbons (Fsp3) is 0.550. The van der Waals surface area contributed by atoms with E-state index in [4.69, 9.17) is 4.74 Å². The van der Waals surface area contributed by atoms with Crippen LogP contribution in [0.1, 0.15) is 44.6 Å². The Bertz CT molecular complexity index is 500. The third-order valence-electron chi connectivity index (χ3n) is 4.68. The number of likely N-dealkylation sites (N-methyl/N-ethyl adjacent to an activating group) is 1. The molecule has 0 spiro atoms. The van der Waals surface area contributed by atoms with Crippen LogP contribution in [0.4, 0.5) is 0 Å². The Balaban J connectivity index is 0.00000288. The van der Waals surface area contributed by atoms with Crippen LogP contribution < -0.4 is 0 Å². The number of esters is 1. The number of nitrogens with zero attached hydrogens (tertiary/aromatic N) is 1. The first-order valence-corrected chi connectivity index (χ1v) is 8.86. The Morgan fingerprint density at radius 2 is 1.96 bits per heavy atom. The summed E-state index contributed by atoms with van der Waals surface area (Å²) in [5, 5.41) is 0. The van der Waals surface area contributed by atoms with Crippen LogP contribution in [0, 0.1) is 5.92 Å². The van der Waals surface area contributed by atoms with Crippen molar-refractivity contribution in [3.63, 3.8) is 0 Å². The highest BCUT2D eigenvalue weighted by atomic mass is 35.5. The van der Waals surface area contributed by atoms with Gasteiger partial charge in [0.15, 0.2) is 0 Å². The van der Waals surface area contributed by atoms with Gasteiger partial charge < -0.3 is 9.64 Å². The Hall–Kier alpha value is -1.32. The summed E-state index contributed by atoms with van der Waals surface area (Å²) in [6.45, 7) is 7.51. The highest BCUT2D eigenvalue weighted by Crippen LogP contribution is 2.33. The quantitative estimate of drug-likeness (QED) is 0.512. The van der Waals surface area contributed by atoms with Crippen LogP contribution in [0.3, 0.4) is 0 Å². The molecule has 0 bridgehead atoms. The number of rotatable bonds is 8. The van der Waals surface area contributed by atoms with Gasteiger partial charge >= 0.3 is 5.97 Å². The fourth-order valence-corrected chi connectivity index (χ4v) is 3.24. The molecule has 2 rings (SSSR count). The zero-order valence-electron chi connectivity index (χ0n) is 14.8. The van der Waals surface area contributed by atoms with Gasteiger partial charge in [-0.2, -0.15) is 0 Å². The normalized spacial score (nSPS) is 18.0. The minimum Gasteiger partial charge on any atom is -0.464 e. The average molecular weight is 352 g/mol. The molecule has 4 heteroatoms. The molecule has 0 aliphatic heterocycles. The van der Waals surface area contributed by atoms with Crippen molar-refractivity contribution in [3.05, 3.63) is 48.0 Å². The SMILES string of the molecule is CCN(CC)CCOC(=O)C(c1ccccc1)C1C=CCCC1.Cl. The predicted octanol–water partition coefficient (Wildman–Crippen LogP) is 4.43. The molecule has 0 saturated carbocycles. The van der Waals surface area contributed by atoms with E-state index in [0.717, 1.165) is 44.5 Å². The number of benzene rings is 1. The van der Waals surface area contributed by atoms with E-state index in [1.54, 1.807) is 0 Å². The van der Waals surface area contributed by atoms with Gasteiger partial charge in [-0.1, -0.05) is 56.3 Å². The van der Waals surface area contributed by atoms with E-state index < -0.39 is 0 Å². The van der Waals surface area contributed by atoms with Gasteiger partial charge in [-0.25, -0.2) is 0 Å². The molecule has 0 amide bonds. The van der Waals surface area contributed by atoms with Crippen LogP contribution in [-0.2, 0) is 9.53 Å². The van der Waals surface area contributed by atoms with Crippen molar-refractivity contribution in [1.82, 2.24) is 4.90 Å². The van der Waals surface area contributed by atoms with Crippen LogP contribution in [0.5, 0.6) is 0 Å². The number of allylic oxidation sites excluding steroid dienone is 2. The largest absolute Gasteiger partial charge is 0.464 e. The molecule has 1 aliphatic rings. The maximum atomic E-state index is 12.7. The molecule has 0 N–H and O–H groups in total. The number of halogens is 1. The van der Waals surface area contributed by atoms with Crippen LogP contribution >= 0.6 is 12.4 Å². The van der Waals surface area contributed by atoms with Crippen LogP contribution in [0.25, 0.3) is 0 Å². The number of ether oxygens (including phenoxy) is 1. The van der Waals surface area contributed by atoms with E-state index in [0.29, 0.717) is 6.61 Å². The van der Waals surface area contributed by atoms with Crippen LogP contribution in [-0.4, -0.2) is 37.1 Å². The van der Waals surface area contributed by atoms with Gasteiger partial charge in [0, 0.05) is 6.54 Å². The van der Waals surface area contributed by atoms with E-state index in [1.165, 1.54) is 0 Å². The maximum Gasteiger partial charge on any atom is 0.314 e. The highest BCUT2D eigenvalue weighted by Gasteiger charge is 2.30. The second kappa shape index (κ2) is 11.3. The Morgan fingerprint density at radius 1 is 1.25 bits per heavy atom. The van der Waals surface area contributed by atoms with Gasteiger partial charge in [0.25, 0.3) is 0 Å². The molecular formula is C20H30ClNO2. The highest BCUT2D eigenvalue weighted by molar-refractivity contribution is 5.85. The lowest BCUT2D eigenvalue weighted by molar-refractivity contribution is -0.147. The van der Waals surface area contributed by atoms with Gasteiger partial charge in [0.1, 0.15) is 6.61 Å². The summed E-state index contributed by atoms with van der Waals surface area (Å²) in [6.07, 6.45) is 7.73. The summed E-state index contributed by atoms with van der Waals surface area (Å²) < 4.78 is 5.63. The van der Waals surface area contributed by atoms with E-state index in [9.17, 15) is 4.79 Å². The summed E-state index contributed by atoms with van der Waals surface area (Å²) >= 11 is 0. The Labute approximate surface area is 152 Å². The molecule has 1 aromatic rings. The van der Waals surface area contributed by atoms with Crippen molar-refractivity contribution < 1.29 is 9.53 Å². The number of hydrogen-bond donors (Lipinski definition) is 0. The van der Waals surface area contributed by atoms with Crippen molar-refractivity contribution in [1.29, 1.82) is 0 Å². The van der Waals surface area contributed by atoms with E-state index >= 15 is 0 Å². The predicted molar refractivity (Wildman–Crippen MR) is 102 cm³/mol. The molecule has 2 atom stereocenters. The molecule has 2 unspecified atom stereocenters. The molecular weight excluding hydrogens is 322 g/mol. The number of carbonyl (C=O) groups is 1. The second-order valence-electron chi connectivity index (χ2n) is 6.11. The average Bonchev–Trinajstić information content (AvgIpc) is 2.61. The minimum absolute atomic E-state index is 0. The first kappa shape index (κ1) is 20.7. The van der Waals surface area contributed by atoms with Gasteiger partial charge in [-0.3, -0.25) is 4.79 Å². The topological polar surface area (TPSA) is 29.5 Å². The monoisotopic (exact) mass is 351 g/mol. The lowest BCUT2D eigenvalue weighted by atomic mass is 9.80. The summed E-state index contributed by atoms with van der Waals surface area (Å²) in [7, 11) is 0. The third-order valence-corrected chi connectivity index (χ3v) is 4.68. The third kappa shape index (κ3) is 5.95. The van der Waals surface area contributed by atoms with Gasteiger partial charge in [0.05, 0.1) is 5.92 Å². The zero-order valence-corrected chi connectivity index (χ0v) is 15.6. The summed E-state index contributed by atoms with van der Waals surface area (Å²) in [5.41, 5.74) is 1.07. The summed E-state index contributed by atoms with van der Waals surface area (Å²) in [4.78, 5) is 15.0. The lowest BCUT2D eigenvalue weighted by Crippen LogP contribution is -2.30. The van der Waals surface area contributed by atoms with Crippen molar-refractivity contribution in [3.8, 4) is 0 Å². The second-order valence-corrected chi connectivity index (χ2v) is 6.11. The molecule has 0 fully saturated rings. The molecule has 3 nitrogen and oxygen atoms in total. The van der Waals surface area contributed by atoms with E-state index in [2.05, 4.69) is 30.9 Å². The standard InChI is InChI=1S/C20H29NO2.ClH/c1-3-21(4-2)15-16-23-20(22)19(17-11-7-5-8-12-17)18-13-9-6-10-14-18;/h5,7-9,11-13,18-19H,3-4,6,10,14-16H2,1-2H3;1H. The van der Waals surface area contributed by atoms with E-state index in [1.807, 2.05) is 30.3 Å². The van der Waals surface area contributed by atoms with Gasteiger partial charge in [-0.15, -0.1) is 12.4 Å². The number of hydrogen-bond acceptors (Lipinski definition) is 3. The summed E-state index contributed by atoms with van der Waals surface area (Å²) in [6, 6.07) is 10.1. The molecule has 0 radical (unpaired) electrons. The molecule has 24 heavy (non-hydrogen) atoms. The minimum atomic E-state index is -0.176. The van der Waals surface area contributed by atoms with Crippen molar-refractivity contribution >= 4 is 18.4 Å². The number of carbonyl (C=O) groups excluding carboxylic acids is 1. The smallest absolute Gasteiger partial charge is 0.314 e. The Kier molecular flexibility index (Phi) is 9.73. The van der Waals surface area contributed by atoms with Crippen LogP contribution in [0.2, 0.25) is 0 Å². The molecule has 134 valence electrons. The lowest BCUT2D eigenvalue weighted by Gasteiger charge is -2.26. The molecule has 0 aromatic heterocycles. The van der Waals surface area contributed by atoms with Crippen molar-refractivity contribution in [2.45, 2.75) is 39.0 Å². The Morgan fingerprint density at radius 3 is 2.54 bits per heavy atom. The van der Waals surface area contributed by atoms with Crippen molar-refractivity contribution in [2.75, 3.05) is 26.2 Å². The van der Waals surface area contributed by atoms with Gasteiger partial charge in [0.2, 0.25) is 0 Å². The first-order chi connectivity index (χ1) is 11.3. The van der Waals surface area contributed by atoms with Crippen LogP contribution in [0.15, 0.2) is 42.5 Å². The molecule has 0 saturated heterocycles. The summed E-state index contributed by atoms with van der Waals surface area (Å²) in [5.74, 6) is -0.00328. The maximum absolute atomic E-state index is 12.7. The first-order valence-electron chi connectivity index (χ1n) is 8.86. The molecule has 1 aliphatic carbocycles. The van der Waals surface area contributed by atoms with E-state index in [-0.39, 0.29) is 30.2 Å². The van der Waals surface area contributed by atoms with Gasteiger partial charge in [-0.05, 0) is 43.8 Å².